The summed E-state index contributed by atoms with van der Waals surface area (Å²) in [5.41, 5.74) is 3.31. The summed E-state index contributed by atoms with van der Waals surface area (Å²) >= 11 is 0. The molecule has 208 valence electrons. The molecule has 2 aromatic carbocycles. The smallest absolute Gasteiger partial charge is 0.251 e. The third-order valence-electron chi connectivity index (χ3n) is 6.63. The Kier molecular flexibility index (Phi) is 7.78. The number of carbonyl (C=O) groups is 2. The number of halogens is 2. The topological polar surface area (TPSA) is 84.7 Å². The third kappa shape index (κ3) is 6.75. The Morgan fingerprint density at radius 2 is 1.78 bits per heavy atom. The lowest BCUT2D eigenvalue weighted by Crippen LogP contribution is -2.13. The molecule has 1 fully saturated rings. The van der Waals surface area contributed by atoms with Gasteiger partial charge in [0.05, 0.1) is 12.4 Å². The van der Waals surface area contributed by atoms with Crippen LogP contribution in [0.15, 0.2) is 96.9 Å². The van der Waals surface area contributed by atoms with Crippen LogP contribution in [0.4, 0.5) is 20.3 Å². The molecule has 7 nitrogen and oxygen atoms in total. The summed E-state index contributed by atoms with van der Waals surface area (Å²) < 4.78 is 35.8. The van der Waals surface area contributed by atoms with Crippen molar-refractivity contribution < 1.29 is 23.1 Å². The average Bonchev–Trinajstić information content (AvgIpc) is 3.73. The largest absolute Gasteiger partial charge is 0.453 e. The second-order valence-corrected chi connectivity index (χ2v) is 9.91. The van der Waals surface area contributed by atoms with Crippen LogP contribution in [0.3, 0.4) is 0 Å². The summed E-state index contributed by atoms with van der Waals surface area (Å²) in [6.07, 6.45) is 8.44. The molecule has 0 atom stereocenters. The maximum absolute atomic E-state index is 14.9. The molecule has 1 saturated carbocycles. The van der Waals surface area contributed by atoms with E-state index in [-0.39, 0.29) is 29.1 Å². The van der Waals surface area contributed by atoms with Crippen LogP contribution in [0.25, 0.3) is 11.2 Å². The van der Waals surface area contributed by atoms with Gasteiger partial charge in [-0.1, -0.05) is 30.9 Å². The highest BCUT2D eigenvalue weighted by Gasteiger charge is 2.30. The molecule has 0 saturated heterocycles. The first-order valence-corrected chi connectivity index (χ1v) is 13.0. The number of hydrogen-bond donors (Lipinski definition) is 2. The molecule has 4 aromatic rings. The van der Waals surface area contributed by atoms with Crippen molar-refractivity contribution in [2.24, 2.45) is 5.92 Å². The number of imidazole rings is 1. The molecule has 0 spiro atoms. The van der Waals surface area contributed by atoms with Gasteiger partial charge in [-0.15, -0.1) is 0 Å². The monoisotopic (exact) mass is 554 g/mol. The normalized spacial score (nSPS) is 13.7. The minimum atomic E-state index is -0.658. The number of fused-ring (bicyclic) bond motifs is 1. The summed E-state index contributed by atoms with van der Waals surface area (Å²) in [5, 5.41) is 5.47. The van der Waals surface area contributed by atoms with Crippen molar-refractivity contribution in [1.29, 1.82) is 0 Å². The number of aromatic nitrogens is 2. The first-order valence-electron chi connectivity index (χ1n) is 13.0. The van der Waals surface area contributed by atoms with Crippen molar-refractivity contribution in [3.63, 3.8) is 0 Å². The minimum Gasteiger partial charge on any atom is -0.453 e. The van der Waals surface area contributed by atoms with Crippen LogP contribution < -0.4 is 15.4 Å². The highest BCUT2D eigenvalue weighted by atomic mass is 19.1. The van der Waals surface area contributed by atoms with Crippen LogP contribution in [-0.2, 0) is 9.59 Å². The van der Waals surface area contributed by atoms with Gasteiger partial charge in [-0.3, -0.25) is 9.59 Å². The second kappa shape index (κ2) is 11.6. The van der Waals surface area contributed by atoms with Gasteiger partial charge in [-0.05, 0) is 79.8 Å². The predicted octanol–water partition coefficient (Wildman–Crippen LogP) is 7.30. The minimum absolute atomic E-state index is 0.0218. The molecule has 2 N–H and O–H groups in total. The van der Waals surface area contributed by atoms with Crippen LogP contribution >= 0.6 is 0 Å². The number of ether oxygens (including phenoxy) is 1. The molecular formula is C32H28F2N4O3. The SMILES string of the molecule is C=C(/C(C)=C\C=C(/C)C(=O)Nc1ccc(Oc2ccc3nc(NC(=O)C4CC4)cn3c2)c(F)c1)c1cccc(F)c1. The highest BCUT2D eigenvalue weighted by Crippen LogP contribution is 2.31. The van der Waals surface area contributed by atoms with E-state index in [1.54, 1.807) is 60.1 Å². The molecule has 0 unspecified atom stereocenters. The highest BCUT2D eigenvalue weighted by molar-refractivity contribution is 6.03. The maximum atomic E-state index is 14.9. The number of carbonyl (C=O) groups excluding carboxylic acids is 2. The molecule has 2 aromatic heterocycles. The van der Waals surface area contributed by atoms with Crippen molar-refractivity contribution in [3.05, 3.63) is 114 Å². The summed E-state index contributed by atoms with van der Waals surface area (Å²) in [6, 6.07) is 13.6. The van der Waals surface area contributed by atoms with E-state index in [2.05, 4.69) is 22.2 Å². The first-order chi connectivity index (χ1) is 19.7. The van der Waals surface area contributed by atoms with E-state index < -0.39 is 11.7 Å². The van der Waals surface area contributed by atoms with Crippen molar-refractivity contribution in [2.75, 3.05) is 10.6 Å². The molecule has 9 heteroatoms. The molecule has 41 heavy (non-hydrogen) atoms. The summed E-state index contributed by atoms with van der Waals surface area (Å²) in [5.74, 6) is -0.607. The lowest BCUT2D eigenvalue weighted by atomic mass is 10.00. The molecule has 2 heterocycles. The van der Waals surface area contributed by atoms with Crippen LogP contribution in [-0.4, -0.2) is 21.2 Å². The first kappa shape index (κ1) is 27.5. The van der Waals surface area contributed by atoms with E-state index in [0.717, 1.165) is 18.4 Å². The Hall–Kier alpha value is -5.05. The fraction of sp³-hybridized carbons (Fsp3) is 0.156. The molecule has 0 radical (unpaired) electrons. The molecule has 0 aliphatic heterocycles. The Balaban J connectivity index is 1.21. The zero-order chi connectivity index (χ0) is 29.1. The summed E-state index contributed by atoms with van der Waals surface area (Å²) in [4.78, 5) is 29.0. The van der Waals surface area contributed by atoms with Gasteiger partial charge in [-0.25, -0.2) is 13.8 Å². The van der Waals surface area contributed by atoms with Crippen LogP contribution in [0.1, 0.15) is 32.3 Å². The fourth-order valence-corrected chi connectivity index (χ4v) is 4.01. The van der Waals surface area contributed by atoms with Crippen molar-refractivity contribution in [2.45, 2.75) is 26.7 Å². The number of nitrogens with zero attached hydrogens (tertiary/aromatic N) is 2. The van der Waals surface area contributed by atoms with Crippen LogP contribution in [0, 0.1) is 17.6 Å². The Labute approximate surface area is 235 Å². The standard InChI is InChI=1S/C32H28F2N4O3/c1-19(21(3)23-5-4-6-24(33)15-23)7-8-20(2)31(39)35-25-11-13-28(27(34)16-25)41-26-12-14-30-36-29(18-38(30)17-26)37-32(40)22-9-10-22/h4-8,11-18,22H,3,9-10H2,1-2H3,(H,35,39)(H,37,40)/b19-7-,20-8+. The number of allylic oxidation sites excluding steroid dienone is 4. The van der Waals surface area contributed by atoms with Gasteiger partial charge in [0.25, 0.3) is 5.91 Å². The molecule has 5 rings (SSSR count). The lowest BCUT2D eigenvalue weighted by Gasteiger charge is -2.10. The van der Waals surface area contributed by atoms with Crippen LogP contribution in [0.5, 0.6) is 11.5 Å². The Morgan fingerprint density at radius 3 is 2.51 bits per heavy atom. The van der Waals surface area contributed by atoms with E-state index in [9.17, 15) is 18.4 Å². The van der Waals surface area contributed by atoms with E-state index in [1.807, 2.05) is 6.92 Å². The van der Waals surface area contributed by atoms with Crippen molar-refractivity contribution in [1.82, 2.24) is 9.38 Å². The molecular weight excluding hydrogens is 526 g/mol. The fourth-order valence-electron chi connectivity index (χ4n) is 4.01. The summed E-state index contributed by atoms with van der Waals surface area (Å²) in [6.45, 7) is 7.45. The maximum Gasteiger partial charge on any atom is 0.251 e. The Morgan fingerprint density at radius 1 is 1.00 bits per heavy atom. The quantitative estimate of drug-likeness (QED) is 0.168. The third-order valence-corrected chi connectivity index (χ3v) is 6.63. The van der Waals surface area contributed by atoms with Gasteiger partial charge >= 0.3 is 0 Å². The van der Waals surface area contributed by atoms with Gasteiger partial charge in [0.15, 0.2) is 17.4 Å². The van der Waals surface area contributed by atoms with Crippen LogP contribution in [0.2, 0.25) is 0 Å². The molecule has 2 amide bonds. The predicted molar refractivity (Wildman–Crippen MR) is 155 cm³/mol. The van der Waals surface area contributed by atoms with Gasteiger partial charge in [0.1, 0.15) is 17.2 Å². The van der Waals surface area contributed by atoms with Gasteiger partial charge < -0.3 is 19.8 Å². The zero-order valence-electron chi connectivity index (χ0n) is 22.6. The number of hydrogen-bond acceptors (Lipinski definition) is 4. The number of rotatable bonds is 9. The van der Waals surface area contributed by atoms with Crippen molar-refractivity contribution >= 4 is 34.5 Å². The van der Waals surface area contributed by atoms with E-state index in [4.69, 9.17) is 4.74 Å². The second-order valence-electron chi connectivity index (χ2n) is 9.91. The Bertz CT molecular complexity index is 1730. The number of pyridine rings is 1. The molecule has 1 aliphatic carbocycles. The van der Waals surface area contributed by atoms with E-state index in [0.29, 0.717) is 33.9 Å². The molecule has 0 bridgehead atoms. The van der Waals surface area contributed by atoms with Gasteiger partial charge in [0.2, 0.25) is 5.91 Å². The number of amides is 2. The van der Waals surface area contributed by atoms with Crippen molar-refractivity contribution in [3.8, 4) is 11.5 Å². The molecule has 1 aliphatic rings. The van der Waals surface area contributed by atoms with E-state index >= 15 is 0 Å². The number of nitrogens with one attached hydrogen (secondary N) is 2. The van der Waals surface area contributed by atoms with Gasteiger partial charge in [-0.2, -0.15) is 0 Å². The van der Waals surface area contributed by atoms with Gasteiger partial charge in [0, 0.05) is 23.2 Å². The zero-order valence-corrected chi connectivity index (χ0v) is 22.6. The summed E-state index contributed by atoms with van der Waals surface area (Å²) in [7, 11) is 0. The number of anilines is 2. The average molecular weight is 555 g/mol. The van der Waals surface area contributed by atoms with E-state index in [1.165, 1.54) is 30.3 Å². The lowest BCUT2D eigenvalue weighted by molar-refractivity contribution is -0.117. The number of benzene rings is 2.